The first-order chi connectivity index (χ1) is 6.85. The topological polar surface area (TPSA) is 79.2 Å². The molecule has 1 aliphatic rings. The van der Waals surface area contributed by atoms with Crippen LogP contribution in [0.15, 0.2) is 0 Å². The van der Waals surface area contributed by atoms with E-state index in [1.54, 1.807) is 0 Å². The number of hydrogen-bond acceptors (Lipinski definition) is 5. The van der Waals surface area contributed by atoms with Gasteiger partial charge in [-0.15, -0.1) is 0 Å². The second kappa shape index (κ2) is 4.76. The van der Waals surface area contributed by atoms with Crippen LogP contribution in [0, 0.1) is 0 Å². The molecule has 0 aliphatic carbocycles. The summed E-state index contributed by atoms with van der Waals surface area (Å²) in [6.45, 7) is 5.60. The molecule has 0 bridgehead atoms. The highest BCUT2D eigenvalue weighted by Gasteiger charge is 2.42. The molecule has 0 unspecified atom stereocenters. The molecular formula is C10H20O5. The highest BCUT2D eigenvalue weighted by atomic mass is 16.6. The van der Waals surface area contributed by atoms with Crippen molar-refractivity contribution in [1.29, 1.82) is 0 Å². The Morgan fingerprint density at radius 1 is 1.13 bits per heavy atom. The Morgan fingerprint density at radius 3 is 2.07 bits per heavy atom. The summed E-state index contributed by atoms with van der Waals surface area (Å²) in [6, 6.07) is 0. The maximum absolute atomic E-state index is 9.59. The van der Waals surface area contributed by atoms with Gasteiger partial charge in [-0.05, 0) is 20.8 Å². The molecule has 5 heteroatoms. The third-order valence-corrected chi connectivity index (χ3v) is 2.32. The molecule has 1 heterocycles. The monoisotopic (exact) mass is 220 g/mol. The summed E-state index contributed by atoms with van der Waals surface area (Å²) in [6.07, 6.45) is -3.32. The van der Waals surface area contributed by atoms with Crippen molar-refractivity contribution in [2.45, 2.75) is 50.8 Å². The molecule has 1 aliphatic heterocycles. The Bertz CT molecular complexity index is 200. The van der Waals surface area contributed by atoms with Crippen LogP contribution in [0.3, 0.4) is 0 Å². The van der Waals surface area contributed by atoms with E-state index in [-0.39, 0.29) is 18.8 Å². The largest absolute Gasteiger partial charge is 0.394 e. The van der Waals surface area contributed by atoms with Crippen molar-refractivity contribution in [1.82, 2.24) is 0 Å². The second-order valence-electron chi connectivity index (χ2n) is 4.80. The SMILES string of the molecule is CC(C)(C)OC[C@H]1O[C@H](CO)[C@@H](O)[C@@H]1O. The molecule has 5 nitrogen and oxygen atoms in total. The molecule has 1 fully saturated rings. The van der Waals surface area contributed by atoms with E-state index in [0.717, 1.165) is 0 Å². The predicted molar refractivity (Wildman–Crippen MR) is 53.5 cm³/mol. The Hall–Kier alpha value is -0.200. The van der Waals surface area contributed by atoms with E-state index in [4.69, 9.17) is 14.6 Å². The van der Waals surface area contributed by atoms with E-state index in [1.165, 1.54) is 0 Å². The third-order valence-electron chi connectivity index (χ3n) is 2.32. The molecule has 0 amide bonds. The van der Waals surface area contributed by atoms with Crippen molar-refractivity contribution in [2.24, 2.45) is 0 Å². The summed E-state index contributed by atoms with van der Waals surface area (Å²) < 4.78 is 10.7. The van der Waals surface area contributed by atoms with Gasteiger partial charge in [-0.2, -0.15) is 0 Å². The van der Waals surface area contributed by atoms with Crippen LogP contribution in [0.5, 0.6) is 0 Å². The van der Waals surface area contributed by atoms with Gasteiger partial charge in [0, 0.05) is 0 Å². The van der Waals surface area contributed by atoms with E-state index < -0.39 is 24.4 Å². The quantitative estimate of drug-likeness (QED) is 0.585. The first kappa shape index (κ1) is 12.9. The number of ether oxygens (including phenoxy) is 2. The van der Waals surface area contributed by atoms with Crippen molar-refractivity contribution in [3.05, 3.63) is 0 Å². The Morgan fingerprint density at radius 2 is 1.67 bits per heavy atom. The molecule has 15 heavy (non-hydrogen) atoms. The zero-order valence-electron chi connectivity index (χ0n) is 9.38. The van der Waals surface area contributed by atoms with E-state index in [1.807, 2.05) is 20.8 Å². The van der Waals surface area contributed by atoms with Crippen molar-refractivity contribution >= 4 is 0 Å². The Labute approximate surface area is 89.6 Å². The molecule has 1 saturated heterocycles. The van der Waals surface area contributed by atoms with Gasteiger partial charge < -0.3 is 24.8 Å². The molecule has 0 radical (unpaired) electrons. The molecule has 0 aromatic carbocycles. The van der Waals surface area contributed by atoms with Gasteiger partial charge in [0.2, 0.25) is 0 Å². The van der Waals surface area contributed by atoms with E-state index in [9.17, 15) is 10.2 Å². The lowest BCUT2D eigenvalue weighted by atomic mass is 10.1. The molecule has 3 N–H and O–H groups in total. The van der Waals surface area contributed by atoms with Gasteiger partial charge in [0.15, 0.2) is 0 Å². The lowest BCUT2D eigenvalue weighted by Gasteiger charge is -2.23. The fourth-order valence-corrected chi connectivity index (χ4v) is 1.45. The van der Waals surface area contributed by atoms with Gasteiger partial charge >= 0.3 is 0 Å². The first-order valence-electron chi connectivity index (χ1n) is 5.11. The Kier molecular flexibility index (Phi) is 4.08. The molecule has 1 rings (SSSR count). The van der Waals surface area contributed by atoms with Crippen molar-refractivity contribution in [3.63, 3.8) is 0 Å². The molecule has 0 spiro atoms. The van der Waals surface area contributed by atoms with E-state index >= 15 is 0 Å². The summed E-state index contributed by atoms with van der Waals surface area (Å²) in [4.78, 5) is 0. The van der Waals surface area contributed by atoms with Crippen LogP contribution in [0.4, 0.5) is 0 Å². The van der Waals surface area contributed by atoms with Gasteiger partial charge in [0.05, 0.1) is 18.8 Å². The molecule has 0 aromatic rings. The fourth-order valence-electron chi connectivity index (χ4n) is 1.45. The van der Waals surface area contributed by atoms with Crippen LogP contribution in [0.2, 0.25) is 0 Å². The van der Waals surface area contributed by atoms with Crippen molar-refractivity contribution < 1.29 is 24.8 Å². The molecule has 4 atom stereocenters. The average molecular weight is 220 g/mol. The summed E-state index contributed by atoms with van der Waals surface area (Å²) in [5.41, 5.74) is -0.314. The smallest absolute Gasteiger partial charge is 0.111 e. The predicted octanol–water partition coefficient (Wildman–Crippen LogP) is -0.717. The maximum atomic E-state index is 9.59. The normalized spacial score (nSPS) is 37.2. The minimum absolute atomic E-state index is 0.207. The van der Waals surface area contributed by atoms with Crippen molar-refractivity contribution in [3.8, 4) is 0 Å². The summed E-state index contributed by atoms with van der Waals surface area (Å²) in [7, 11) is 0. The molecule has 0 aromatic heterocycles. The van der Waals surface area contributed by atoms with Crippen LogP contribution in [0.25, 0.3) is 0 Å². The second-order valence-corrected chi connectivity index (χ2v) is 4.80. The minimum atomic E-state index is -1.04. The molecular weight excluding hydrogens is 200 g/mol. The van der Waals surface area contributed by atoms with Gasteiger partial charge in [-0.3, -0.25) is 0 Å². The summed E-state index contributed by atoms with van der Waals surface area (Å²) in [5, 5.41) is 27.9. The zero-order chi connectivity index (χ0) is 11.6. The maximum Gasteiger partial charge on any atom is 0.111 e. The summed E-state index contributed by atoms with van der Waals surface area (Å²) >= 11 is 0. The highest BCUT2D eigenvalue weighted by Crippen LogP contribution is 2.22. The molecule has 0 saturated carbocycles. The van der Waals surface area contributed by atoms with Crippen LogP contribution in [-0.2, 0) is 9.47 Å². The Balaban J connectivity index is 2.44. The number of aliphatic hydroxyl groups is 3. The third kappa shape index (κ3) is 3.39. The number of hydrogen-bond donors (Lipinski definition) is 3. The lowest BCUT2D eigenvalue weighted by molar-refractivity contribution is -0.0932. The summed E-state index contributed by atoms with van der Waals surface area (Å²) in [5.74, 6) is 0. The van der Waals surface area contributed by atoms with Crippen LogP contribution in [0.1, 0.15) is 20.8 Å². The standard InChI is InChI=1S/C10H20O5/c1-10(2,3)14-5-7-9(13)8(12)6(4-11)15-7/h6-9,11-13H,4-5H2,1-3H3/t6-,7-,8-,9-/m1/s1. The van der Waals surface area contributed by atoms with Crippen LogP contribution < -0.4 is 0 Å². The molecule has 90 valence electrons. The van der Waals surface area contributed by atoms with E-state index in [2.05, 4.69) is 0 Å². The van der Waals surface area contributed by atoms with Gasteiger partial charge in [-0.25, -0.2) is 0 Å². The lowest BCUT2D eigenvalue weighted by Crippen LogP contribution is -2.36. The van der Waals surface area contributed by atoms with Gasteiger partial charge in [0.25, 0.3) is 0 Å². The van der Waals surface area contributed by atoms with Crippen LogP contribution in [-0.4, -0.2) is 58.6 Å². The first-order valence-corrected chi connectivity index (χ1v) is 5.11. The van der Waals surface area contributed by atoms with Crippen molar-refractivity contribution in [2.75, 3.05) is 13.2 Å². The fraction of sp³-hybridized carbons (Fsp3) is 1.00. The highest BCUT2D eigenvalue weighted by molar-refractivity contribution is 4.90. The van der Waals surface area contributed by atoms with Gasteiger partial charge in [0.1, 0.15) is 24.4 Å². The average Bonchev–Trinajstić information content (AvgIpc) is 2.40. The van der Waals surface area contributed by atoms with E-state index in [0.29, 0.717) is 0 Å². The minimum Gasteiger partial charge on any atom is -0.394 e. The number of aliphatic hydroxyl groups excluding tert-OH is 3. The number of rotatable bonds is 3. The zero-order valence-corrected chi connectivity index (χ0v) is 9.38. The van der Waals surface area contributed by atoms with Crippen LogP contribution >= 0.6 is 0 Å². The van der Waals surface area contributed by atoms with Gasteiger partial charge in [-0.1, -0.05) is 0 Å².